The number of sulfonamides is 1. The molecule has 0 aliphatic rings. The monoisotopic (exact) mass is 431 g/mol. The summed E-state index contributed by atoms with van der Waals surface area (Å²) in [5.74, 6) is 0.387. The van der Waals surface area contributed by atoms with Gasteiger partial charge in [-0.05, 0) is 36.8 Å². The third kappa shape index (κ3) is 5.78. The van der Waals surface area contributed by atoms with Crippen molar-refractivity contribution in [1.82, 2.24) is 10.3 Å². The number of hydrogen-bond acceptors (Lipinski definition) is 6. The normalized spacial score (nSPS) is 11.1. The molecule has 0 atom stereocenters. The van der Waals surface area contributed by atoms with Crippen molar-refractivity contribution in [1.29, 1.82) is 0 Å². The first-order valence-electron chi connectivity index (χ1n) is 8.79. The van der Waals surface area contributed by atoms with Crippen molar-refractivity contribution >= 4 is 32.4 Å². The van der Waals surface area contributed by atoms with Crippen LogP contribution in [0.5, 0.6) is 5.75 Å². The Balaban J connectivity index is 1.56. The van der Waals surface area contributed by atoms with Crippen LogP contribution in [0.1, 0.15) is 16.8 Å². The Labute approximate surface area is 173 Å². The second kappa shape index (κ2) is 9.06. The number of aromatic nitrogens is 1. The van der Waals surface area contributed by atoms with Crippen LogP contribution in [0, 0.1) is 6.92 Å². The lowest BCUT2D eigenvalue weighted by atomic mass is 10.1. The van der Waals surface area contributed by atoms with E-state index in [0.717, 1.165) is 22.5 Å². The lowest BCUT2D eigenvalue weighted by molar-refractivity contribution is -0.120. The Morgan fingerprint density at radius 2 is 1.79 bits per heavy atom. The highest BCUT2D eigenvalue weighted by Crippen LogP contribution is 2.22. The van der Waals surface area contributed by atoms with Crippen molar-refractivity contribution < 1.29 is 17.9 Å². The number of carbonyl (C=O) groups is 1. The smallest absolute Gasteiger partial charge is 0.263 e. The molecule has 1 heterocycles. The fraction of sp³-hybridized carbons (Fsp3) is 0.200. The van der Waals surface area contributed by atoms with Crippen LogP contribution in [0.25, 0.3) is 0 Å². The van der Waals surface area contributed by atoms with E-state index in [1.807, 2.05) is 31.2 Å². The van der Waals surface area contributed by atoms with Gasteiger partial charge in [0.1, 0.15) is 5.75 Å². The summed E-state index contributed by atoms with van der Waals surface area (Å²) in [5.41, 5.74) is 2.67. The van der Waals surface area contributed by atoms with Crippen molar-refractivity contribution in [2.75, 3.05) is 11.8 Å². The number of nitrogens with zero attached hydrogens (tertiary/aromatic N) is 1. The van der Waals surface area contributed by atoms with E-state index >= 15 is 0 Å². The van der Waals surface area contributed by atoms with Crippen LogP contribution in [-0.4, -0.2) is 26.4 Å². The third-order valence-corrected chi connectivity index (χ3v) is 6.39. The van der Waals surface area contributed by atoms with Crippen LogP contribution < -0.4 is 14.8 Å². The minimum Gasteiger partial charge on any atom is -0.497 e. The molecule has 2 aromatic carbocycles. The van der Waals surface area contributed by atoms with Gasteiger partial charge in [0.2, 0.25) is 5.91 Å². The molecule has 0 saturated heterocycles. The van der Waals surface area contributed by atoms with Gasteiger partial charge in [0.05, 0.1) is 24.1 Å². The first kappa shape index (κ1) is 20.8. The van der Waals surface area contributed by atoms with Crippen molar-refractivity contribution in [3.8, 4) is 5.75 Å². The summed E-state index contributed by atoms with van der Waals surface area (Å²) in [6.07, 6.45) is 0.0760. The van der Waals surface area contributed by atoms with E-state index in [9.17, 15) is 13.2 Å². The number of hydrogen-bond donors (Lipinski definition) is 2. The molecule has 0 aliphatic carbocycles. The highest BCUT2D eigenvalue weighted by atomic mass is 32.2. The van der Waals surface area contributed by atoms with E-state index in [2.05, 4.69) is 15.0 Å². The van der Waals surface area contributed by atoms with Gasteiger partial charge in [-0.3, -0.25) is 9.52 Å². The van der Waals surface area contributed by atoms with E-state index in [4.69, 9.17) is 4.74 Å². The zero-order valence-corrected chi connectivity index (χ0v) is 17.6. The first-order valence-corrected chi connectivity index (χ1v) is 11.2. The maximum Gasteiger partial charge on any atom is 0.263 e. The molecule has 152 valence electrons. The van der Waals surface area contributed by atoms with Crippen LogP contribution >= 0.6 is 11.3 Å². The standard InChI is InChI=1S/C20H21N3O4S2/c1-14-3-5-15(6-4-14)12-21-19(24)11-16-13-28-20(22-16)23-29(25,26)18-9-7-17(27-2)8-10-18/h3-10,13H,11-12H2,1-2H3,(H,21,24)(H,22,23). The number of ether oxygens (including phenoxy) is 1. The highest BCUT2D eigenvalue weighted by molar-refractivity contribution is 7.93. The lowest BCUT2D eigenvalue weighted by Crippen LogP contribution is -2.24. The van der Waals surface area contributed by atoms with E-state index in [1.165, 1.54) is 19.2 Å². The van der Waals surface area contributed by atoms with Crippen molar-refractivity contribution in [3.05, 3.63) is 70.7 Å². The molecule has 0 saturated carbocycles. The van der Waals surface area contributed by atoms with Gasteiger partial charge < -0.3 is 10.1 Å². The molecule has 0 bridgehead atoms. The molecule has 29 heavy (non-hydrogen) atoms. The SMILES string of the molecule is COc1ccc(S(=O)(=O)Nc2nc(CC(=O)NCc3ccc(C)cc3)cs2)cc1. The quantitative estimate of drug-likeness (QED) is 0.571. The lowest BCUT2D eigenvalue weighted by Gasteiger charge is -2.06. The predicted molar refractivity (Wildman–Crippen MR) is 113 cm³/mol. The van der Waals surface area contributed by atoms with E-state index in [0.29, 0.717) is 18.0 Å². The predicted octanol–water partition coefficient (Wildman–Crippen LogP) is 3.12. The van der Waals surface area contributed by atoms with E-state index in [1.54, 1.807) is 17.5 Å². The van der Waals surface area contributed by atoms with Gasteiger partial charge in [0.25, 0.3) is 10.0 Å². The number of amides is 1. The first-order chi connectivity index (χ1) is 13.9. The Kier molecular flexibility index (Phi) is 6.50. The molecule has 0 aliphatic heterocycles. The van der Waals surface area contributed by atoms with Gasteiger partial charge in [-0.15, -0.1) is 11.3 Å². The summed E-state index contributed by atoms with van der Waals surface area (Å²) in [7, 11) is -2.25. The molecular weight excluding hydrogens is 410 g/mol. The summed E-state index contributed by atoms with van der Waals surface area (Å²) >= 11 is 1.13. The van der Waals surface area contributed by atoms with Crippen LogP contribution in [0.15, 0.2) is 58.8 Å². The average molecular weight is 432 g/mol. The number of thiazole rings is 1. The summed E-state index contributed by atoms with van der Waals surface area (Å²) in [4.78, 5) is 16.4. The fourth-order valence-corrected chi connectivity index (χ4v) is 4.46. The molecule has 9 heteroatoms. The molecule has 7 nitrogen and oxygen atoms in total. The van der Waals surface area contributed by atoms with E-state index in [-0.39, 0.29) is 22.4 Å². The number of carbonyl (C=O) groups excluding carboxylic acids is 1. The number of rotatable bonds is 8. The Bertz CT molecular complexity index is 1080. The summed E-state index contributed by atoms with van der Waals surface area (Å²) in [5, 5.41) is 4.71. The van der Waals surface area contributed by atoms with Gasteiger partial charge in [-0.2, -0.15) is 0 Å². The highest BCUT2D eigenvalue weighted by Gasteiger charge is 2.17. The average Bonchev–Trinajstić information content (AvgIpc) is 3.13. The van der Waals surface area contributed by atoms with Crippen LogP contribution in [0.4, 0.5) is 5.13 Å². The Hall–Kier alpha value is -2.91. The number of nitrogens with one attached hydrogen (secondary N) is 2. The van der Waals surface area contributed by atoms with Crippen molar-refractivity contribution in [2.45, 2.75) is 24.8 Å². The minimum atomic E-state index is -3.76. The third-order valence-electron chi connectivity index (χ3n) is 4.10. The topological polar surface area (TPSA) is 97.4 Å². The molecule has 0 radical (unpaired) electrons. The van der Waals surface area contributed by atoms with E-state index < -0.39 is 10.0 Å². The van der Waals surface area contributed by atoms with Crippen molar-refractivity contribution in [3.63, 3.8) is 0 Å². The Morgan fingerprint density at radius 1 is 1.10 bits per heavy atom. The molecule has 3 aromatic rings. The second-order valence-corrected chi connectivity index (χ2v) is 8.90. The largest absolute Gasteiger partial charge is 0.497 e. The summed E-state index contributed by atoms with van der Waals surface area (Å²) in [6.45, 7) is 2.44. The molecule has 1 aromatic heterocycles. The number of anilines is 1. The minimum absolute atomic E-state index is 0.0760. The molecule has 0 unspecified atom stereocenters. The van der Waals surface area contributed by atoms with Gasteiger partial charge in [0.15, 0.2) is 5.13 Å². The number of aryl methyl sites for hydroxylation is 1. The van der Waals surface area contributed by atoms with Crippen molar-refractivity contribution in [2.24, 2.45) is 0 Å². The van der Waals surface area contributed by atoms with Crippen LogP contribution in [0.2, 0.25) is 0 Å². The number of benzene rings is 2. The van der Waals surface area contributed by atoms with Gasteiger partial charge in [0, 0.05) is 11.9 Å². The zero-order chi connectivity index (χ0) is 20.9. The maximum atomic E-state index is 12.5. The summed E-state index contributed by atoms with van der Waals surface area (Å²) < 4.78 is 32.4. The van der Waals surface area contributed by atoms with Gasteiger partial charge >= 0.3 is 0 Å². The van der Waals surface area contributed by atoms with Crippen LogP contribution in [-0.2, 0) is 27.8 Å². The number of methoxy groups -OCH3 is 1. The maximum absolute atomic E-state index is 12.5. The fourth-order valence-electron chi connectivity index (χ4n) is 2.50. The second-order valence-electron chi connectivity index (χ2n) is 6.36. The molecule has 1 amide bonds. The molecule has 0 spiro atoms. The zero-order valence-electron chi connectivity index (χ0n) is 16.0. The molecule has 3 rings (SSSR count). The molecule has 2 N–H and O–H groups in total. The Morgan fingerprint density at radius 3 is 2.45 bits per heavy atom. The van der Waals surface area contributed by atoms with Gasteiger partial charge in [-0.25, -0.2) is 13.4 Å². The molecular formula is C20H21N3O4S2. The molecule has 0 fully saturated rings. The summed E-state index contributed by atoms with van der Waals surface area (Å²) in [6, 6.07) is 13.9. The van der Waals surface area contributed by atoms with Gasteiger partial charge in [-0.1, -0.05) is 29.8 Å². The van der Waals surface area contributed by atoms with Crippen LogP contribution in [0.3, 0.4) is 0 Å².